The second kappa shape index (κ2) is 32.1. The van der Waals surface area contributed by atoms with Gasteiger partial charge in [0.25, 0.3) is 5.97 Å². The molecule has 392 valence electrons. The zero-order valence-corrected chi connectivity index (χ0v) is 44.1. The number of carbonyl (C=O) groups excluding carboxylic acids is 3. The summed E-state index contributed by atoms with van der Waals surface area (Å²) in [5.41, 5.74) is 0. The van der Waals surface area contributed by atoms with Crippen molar-refractivity contribution in [3.63, 3.8) is 0 Å². The van der Waals surface area contributed by atoms with Crippen molar-refractivity contribution >= 4 is 23.9 Å². The third-order valence-corrected chi connectivity index (χ3v) is 16.6. The van der Waals surface area contributed by atoms with E-state index in [2.05, 4.69) is 41.5 Å². The molecule has 8 rings (SSSR count). The summed E-state index contributed by atoms with van der Waals surface area (Å²) in [4.78, 5) is 44.8. The van der Waals surface area contributed by atoms with E-state index in [1.165, 1.54) is 107 Å². The van der Waals surface area contributed by atoms with Crippen LogP contribution in [0.5, 0.6) is 5.75 Å². The Morgan fingerprint density at radius 3 is 1.60 bits per heavy atom. The first kappa shape index (κ1) is 57.6. The molecule has 0 spiro atoms. The number of rotatable bonds is 18. The van der Waals surface area contributed by atoms with Crippen LogP contribution in [0.1, 0.15) is 225 Å². The molecule has 0 amide bonds. The number of hydrogen-bond acceptors (Lipinski definition) is 8. The lowest BCUT2D eigenvalue weighted by molar-refractivity contribution is -0.152. The molecule has 7 fully saturated rings. The van der Waals surface area contributed by atoms with E-state index >= 15 is 0 Å². The van der Waals surface area contributed by atoms with E-state index in [-0.39, 0.29) is 38.5 Å². The van der Waals surface area contributed by atoms with E-state index in [1.807, 2.05) is 30.3 Å². The van der Waals surface area contributed by atoms with Crippen molar-refractivity contribution in [2.24, 2.45) is 65.1 Å². The molecule has 1 saturated heterocycles. The number of carboxylic acids is 1. The maximum Gasteiger partial charge on any atom is 0.314 e. The monoisotopic (exact) mass is 955 g/mol. The second-order valence-electron chi connectivity index (χ2n) is 22.5. The van der Waals surface area contributed by atoms with Crippen LogP contribution in [0.4, 0.5) is 0 Å². The highest BCUT2D eigenvalue weighted by Crippen LogP contribution is 2.60. The van der Waals surface area contributed by atoms with Gasteiger partial charge in [0.15, 0.2) is 0 Å². The maximum absolute atomic E-state index is 12.0. The Kier molecular flexibility index (Phi) is 27.2. The van der Waals surface area contributed by atoms with Gasteiger partial charge >= 0.3 is 17.9 Å². The number of esters is 3. The quantitative estimate of drug-likeness (QED) is 0.0662. The van der Waals surface area contributed by atoms with Crippen LogP contribution in [-0.4, -0.2) is 54.4 Å². The van der Waals surface area contributed by atoms with Gasteiger partial charge in [-0.25, -0.2) is 0 Å². The summed E-state index contributed by atoms with van der Waals surface area (Å²) in [6.07, 6.45) is 34.4. The lowest BCUT2D eigenvalue weighted by atomic mass is 9.80. The molecule has 1 aromatic carbocycles. The largest absolute Gasteiger partial charge is 0.481 e. The summed E-state index contributed by atoms with van der Waals surface area (Å²) >= 11 is 0. The predicted molar refractivity (Wildman–Crippen MR) is 277 cm³/mol. The van der Waals surface area contributed by atoms with Crippen molar-refractivity contribution in [1.82, 2.24) is 0 Å². The minimum atomic E-state index is -0.833. The normalized spacial score (nSPS) is 31.5. The van der Waals surface area contributed by atoms with E-state index in [4.69, 9.17) is 28.8 Å². The number of carboxylic acid groups (broad SMARTS) is 1. The van der Waals surface area contributed by atoms with Gasteiger partial charge < -0.3 is 24.1 Å². The predicted octanol–water partition coefficient (Wildman–Crippen LogP) is 15.5. The number of hydrogen-bond donors (Lipinski definition) is 1. The molecule has 10 atom stereocenters. The number of unbranched alkanes of at least 4 members (excludes halogenated alkanes) is 10. The smallest absolute Gasteiger partial charge is 0.314 e. The molecule has 6 aliphatic carbocycles. The first-order valence-corrected chi connectivity index (χ1v) is 28.3. The molecule has 9 nitrogen and oxygen atoms in total. The summed E-state index contributed by atoms with van der Waals surface area (Å²) in [5, 5.41) is 7.42. The van der Waals surface area contributed by atoms with Gasteiger partial charge in [-0.05, 0) is 156 Å². The van der Waals surface area contributed by atoms with Crippen LogP contribution in [0.2, 0.25) is 0 Å². The summed E-state index contributed by atoms with van der Waals surface area (Å²) in [5.74, 6) is 7.69. The van der Waals surface area contributed by atoms with E-state index in [9.17, 15) is 14.4 Å². The molecule has 1 heterocycles. The van der Waals surface area contributed by atoms with E-state index < -0.39 is 5.97 Å². The minimum Gasteiger partial charge on any atom is -0.481 e. The highest BCUT2D eigenvalue weighted by molar-refractivity contribution is 5.75. The van der Waals surface area contributed by atoms with Gasteiger partial charge in [-0.15, -0.1) is 0 Å². The van der Waals surface area contributed by atoms with Gasteiger partial charge in [-0.3, -0.25) is 19.2 Å². The van der Waals surface area contributed by atoms with Gasteiger partial charge in [0.05, 0.1) is 43.2 Å². The summed E-state index contributed by atoms with van der Waals surface area (Å²) in [6, 6.07) is 9.32. The molecule has 10 unspecified atom stereocenters. The maximum atomic E-state index is 12.0. The molecule has 1 aromatic rings. The molecule has 9 heteroatoms. The number of ether oxygens (including phenoxy) is 4. The zero-order chi connectivity index (χ0) is 49.3. The van der Waals surface area contributed by atoms with Crippen LogP contribution in [0.25, 0.3) is 0 Å². The minimum absolute atomic E-state index is 0. The first-order chi connectivity index (χ1) is 32.8. The molecule has 7 aliphatic rings. The molecule has 0 radical (unpaired) electrons. The molecular formula is C59H102O9. The van der Waals surface area contributed by atoms with Crippen LogP contribution in [-0.2, 0) is 33.4 Å². The zero-order valence-electron chi connectivity index (χ0n) is 44.1. The first-order valence-electron chi connectivity index (χ1n) is 28.3. The van der Waals surface area contributed by atoms with Gasteiger partial charge in [0.1, 0.15) is 5.75 Å². The average Bonchev–Trinajstić information content (AvgIpc) is 3.56. The third-order valence-electron chi connectivity index (χ3n) is 16.6. The fourth-order valence-corrected chi connectivity index (χ4v) is 12.4. The number of benzene rings is 1. The molecule has 6 saturated carbocycles. The number of fused-ring (bicyclic) bond motifs is 6. The molecule has 2 bridgehead atoms. The number of aliphatic carboxylic acids is 1. The van der Waals surface area contributed by atoms with Gasteiger partial charge in [0, 0.05) is 9.78 Å². The number of carbonyl (C=O) groups is 4. The van der Waals surface area contributed by atoms with Crippen molar-refractivity contribution in [1.29, 1.82) is 0 Å². The summed E-state index contributed by atoms with van der Waals surface area (Å²) < 4.78 is 21.7. The second-order valence-corrected chi connectivity index (χ2v) is 22.5. The Morgan fingerprint density at radius 2 is 1.06 bits per heavy atom. The Bertz CT molecular complexity index is 1550. The summed E-state index contributed by atoms with van der Waals surface area (Å²) in [6.45, 7) is 15.8. The Hall–Kier alpha value is -2.94. The van der Waals surface area contributed by atoms with Gasteiger partial charge in [-0.1, -0.05) is 137 Å². The topological polar surface area (TPSA) is 129 Å². The van der Waals surface area contributed by atoms with Crippen LogP contribution in [0, 0.1) is 65.1 Å². The van der Waals surface area contributed by atoms with E-state index in [0.29, 0.717) is 43.0 Å². The summed E-state index contributed by atoms with van der Waals surface area (Å²) in [7, 11) is 0. The highest BCUT2D eigenvalue weighted by atomic mass is 16.6. The fraction of sp³-hybridized carbons (Fsp3) is 0.831. The molecule has 1 aliphatic heterocycles. The van der Waals surface area contributed by atoms with Crippen molar-refractivity contribution in [3.05, 3.63) is 30.3 Å². The molecular weight excluding hydrogens is 853 g/mol. The van der Waals surface area contributed by atoms with Crippen molar-refractivity contribution in [2.75, 3.05) is 13.2 Å². The Balaban J connectivity index is 0.000000312. The van der Waals surface area contributed by atoms with E-state index in [0.717, 1.165) is 76.5 Å². The lowest BCUT2D eigenvalue weighted by Crippen LogP contribution is -2.30. The average molecular weight is 955 g/mol. The SMILES string of the molecule is CC(=O)O.CC1CC2C3CCC(C3)C2C1.CC1CCC(C(=O)Oc2ccccc2)CC1.CCCCCCCCOC(=O)C1CC2OC2CC1C.CCCCCCCCOC(=O)C1CCCCC1C.[HH].[HH]. The van der Waals surface area contributed by atoms with Crippen molar-refractivity contribution in [2.45, 2.75) is 234 Å². The molecule has 68 heavy (non-hydrogen) atoms. The van der Waals surface area contributed by atoms with E-state index in [1.54, 1.807) is 32.1 Å². The lowest BCUT2D eigenvalue weighted by Gasteiger charge is -2.26. The Labute approximate surface area is 417 Å². The van der Waals surface area contributed by atoms with Gasteiger partial charge in [-0.2, -0.15) is 0 Å². The van der Waals surface area contributed by atoms with Crippen LogP contribution in [0.3, 0.4) is 0 Å². The van der Waals surface area contributed by atoms with Crippen LogP contribution in [0.15, 0.2) is 30.3 Å². The highest BCUT2D eigenvalue weighted by Gasteiger charge is 2.51. The number of para-hydroxylation sites is 1. The fourth-order valence-electron chi connectivity index (χ4n) is 12.4. The molecule has 1 N–H and O–H groups in total. The Morgan fingerprint density at radius 1 is 0.559 bits per heavy atom. The van der Waals surface area contributed by atoms with Crippen LogP contribution >= 0.6 is 0 Å². The standard InChI is InChI=1S/C16H28O3.C16H30O2.C14H18O2.C11H18.C2H4O2.2H2/c1-3-4-5-6-7-8-9-18-16(17)13-11-15-14(19-15)10-12(13)2;1-3-4-5-6-7-10-13-18-16(17)15-12-9-8-11-14(15)2;1-11-7-9-12(10-8-11)14(15)16-13-5-3-2-4-6-13;1-7-4-10-8-2-3-9(6-8)11(10)5-7;1-2(3)4;;/h12-15H,3-11H2,1-2H3;14-15H,3-13H2,1-2H3;2-6,11-12H,7-10H2,1H3;7-11H,2-6H2,1H3;1H3,(H,3,4);2*1H. The third kappa shape index (κ3) is 21.2. The van der Waals surface area contributed by atoms with Crippen molar-refractivity contribution in [3.8, 4) is 5.75 Å². The molecule has 0 aromatic heterocycles. The van der Waals surface area contributed by atoms with Crippen molar-refractivity contribution < 1.29 is 46.1 Å². The number of epoxide rings is 1. The van der Waals surface area contributed by atoms with Crippen LogP contribution < -0.4 is 4.74 Å². The van der Waals surface area contributed by atoms with Gasteiger partial charge in [0.2, 0.25) is 0 Å².